The van der Waals surface area contributed by atoms with Gasteiger partial charge in [0.05, 0.1) is 18.2 Å². The lowest BCUT2D eigenvalue weighted by Gasteiger charge is -2.37. The number of aromatic nitrogens is 1. The summed E-state index contributed by atoms with van der Waals surface area (Å²) in [6.07, 6.45) is 8.67. The molecule has 2 aliphatic rings. The minimum absolute atomic E-state index is 0. The number of piperazine rings is 1. The van der Waals surface area contributed by atoms with Crippen LogP contribution in [0.25, 0.3) is 10.9 Å². The number of benzene rings is 1. The molecular weight excluding hydrogens is 386 g/mol. The summed E-state index contributed by atoms with van der Waals surface area (Å²) in [7, 11) is 3.85. The van der Waals surface area contributed by atoms with E-state index in [1.54, 1.807) is 7.11 Å². The monoisotopic (exact) mass is 419 g/mol. The van der Waals surface area contributed by atoms with E-state index < -0.39 is 0 Å². The molecule has 1 atom stereocenters. The first-order valence-electron chi connectivity index (χ1n) is 10.7. The van der Waals surface area contributed by atoms with E-state index in [1.165, 1.54) is 32.1 Å². The lowest BCUT2D eigenvalue weighted by molar-refractivity contribution is 0.0574. The number of nitrogens with zero attached hydrogens (tertiary/aromatic N) is 3. The van der Waals surface area contributed by atoms with E-state index in [0.717, 1.165) is 48.4 Å². The number of hydrogen-bond donors (Lipinski definition) is 0. The van der Waals surface area contributed by atoms with Gasteiger partial charge in [-0.25, -0.2) is 0 Å². The molecule has 5 nitrogen and oxygen atoms in total. The zero-order valence-corrected chi connectivity index (χ0v) is 18.7. The average Bonchev–Trinajstić information content (AvgIpc) is 3.09. The Morgan fingerprint density at radius 1 is 1.17 bits per heavy atom. The molecule has 0 spiro atoms. The quantitative estimate of drug-likeness (QED) is 0.735. The summed E-state index contributed by atoms with van der Waals surface area (Å²) in [5.74, 6) is 1.71. The summed E-state index contributed by atoms with van der Waals surface area (Å²) in [6.45, 7) is 5.67. The summed E-state index contributed by atoms with van der Waals surface area (Å²) < 4.78 is 7.96. The summed E-state index contributed by atoms with van der Waals surface area (Å²) in [5, 5.41) is 1.02. The molecule has 1 aromatic carbocycles. The van der Waals surface area contributed by atoms with Crippen molar-refractivity contribution in [3.63, 3.8) is 0 Å². The Morgan fingerprint density at radius 3 is 2.62 bits per heavy atom. The molecule has 29 heavy (non-hydrogen) atoms. The van der Waals surface area contributed by atoms with Crippen LogP contribution in [0.15, 0.2) is 24.4 Å². The van der Waals surface area contributed by atoms with Gasteiger partial charge in [0.1, 0.15) is 5.75 Å². The zero-order chi connectivity index (χ0) is 19.7. The summed E-state index contributed by atoms with van der Waals surface area (Å²) in [5.41, 5.74) is 1.89. The number of methoxy groups -OCH3 is 1. The number of para-hydroxylation sites is 1. The van der Waals surface area contributed by atoms with Gasteiger partial charge in [0.2, 0.25) is 0 Å². The molecule has 1 saturated heterocycles. The predicted molar refractivity (Wildman–Crippen MR) is 120 cm³/mol. The van der Waals surface area contributed by atoms with E-state index in [2.05, 4.69) is 35.7 Å². The standard InChI is InChI=1S/C23H33N3O2.ClH/c1-17-14-25(13-12-24(17)2)23(27)20-16-26(15-18-8-5-4-6-9-18)22-19(20)10-7-11-21(22)28-3;/h7,10-11,16-18H,4-6,8-9,12-15H2,1-3H3;1H. The number of halogens is 1. The maximum absolute atomic E-state index is 13.4. The van der Waals surface area contributed by atoms with Crippen LogP contribution in [0.4, 0.5) is 0 Å². The van der Waals surface area contributed by atoms with Gasteiger partial charge in [0.25, 0.3) is 5.91 Å². The summed E-state index contributed by atoms with van der Waals surface area (Å²) in [4.78, 5) is 17.8. The fourth-order valence-corrected chi connectivity index (χ4v) is 4.86. The smallest absolute Gasteiger partial charge is 0.256 e. The van der Waals surface area contributed by atoms with Crippen LogP contribution < -0.4 is 4.74 Å². The molecule has 2 heterocycles. The molecule has 1 aliphatic heterocycles. The van der Waals surface area contributed by atoms with Crippen molar-refractivity contribution in [3.05, 3.63) is 30.0 Å². The van der Waals surface area contributed by atoms with Crippen LogP contribution >= 0.6 is 12.4 Å². The van der Waals surface area contributed by atoms with Gasteiger partial charge in [-0.15, -0.1) is 12.4 Å². The van der Waals surface area contributed by atoms with E-state index in [0.29, 0.717) is 12.0 Å². The van der Waals surface area contributed by atoms with Crippen molar-refractivity contribution in [1.29, 1.82) is 0 Å². The number of ether oxygens (including phenoxy) is 1. The van der Waals surface area contributed by atoms with Crippen molar-refractivity contribution in [2.75, 3.05) is 33.8 Å². The molecule has 4 rings (SSSR count). The molecule has 1 unspecified atom stereocenters. The first kappa shape index (κ1) is 22.0. The Hall–Kier alpha value is -1.72. The number of hydrogen-bond acceptors (Lipinski definition) is 3. The Labute approximate surface area is 180 Å². The van der Waals surface area contributed by atoms with E-state index in [9.17, 15) is 4.79 Å². The van der Waals surface area contributed by atoms with E-state index in [-0.39, 0.29) is 18.3 Å². The third-order valence-corrected chi connectivity index (χ3v) is 6.74. The first-order valence-corrected chi connectivity index (χ1v) is 10.7. The minimum Gasteiger partial charge on any atom is -0.495 e. The Balaban J connectivity index is 0.00000240. The maximum Gasteiger partial charge on any atom is 0.256 e. The highest BCUT2D eigenvalue weighted by Gasteiger charge is 2.28. The molecule has 1 amide bonds. The van der Waals surface area contributed by atoms with Gasteiger partial charge >= 0.3 is 0 Å². The van der Waals surface area contributed by atoms with Crippen LogP contribution in [0.2, 0.25) is 0 Å². The van der Waals surface area contributed by atoms with Gasteiger partial charge in [-0.3, -0.25) is 4.79 Å². The van der Waals surface area contributed by atoms with Gasteiger partial charge in [0, 0.05) is 43.8 Å². The highest BCUT2D eigenvalue weighted by Crippen LogP contribution is 2.33. The highest BCUT2D eigenvalue weighted by atomic mass is 35.5. The molecule has 6 heteroatoms. The van der Waals surface area contributed by atoms with E-state index in [1.807, 2.05) is 17.0 Å². The third-order valence-electron chi connectivity index (χ3n) is 6.74. The fraction of sp³-hybridized carbons (Fsp3) is 0.609. The number of carbonyl (C=O) groups is 1. The normalized spacial score (nSPS) is 21.2. The lowest BCUT2D eigenvalue weighted by atomic mass is 9.89. The molecule has 2 fully saturated rings. The van der Waals surface area contributed by atoms with Crippen LogP contribution in [0.3, 0.4) is 0 Å². The fourth-order valence-electron chi connectivity index (χ4n) is 4.86. The van der Waals surface area contributed by atoms with Crippen LogP contribution in [-0.2, 0) is 6.54 Å². The van der Waals surface area contributed by atoms with Crippen molar-refractivity contribution >= 4 is 29.2 Å². The van der Waals surface area contributed by atoms with Gasteiger partial charge < -0.3 is 19.1 Å². The lowest BCUT2D eigenvalue weighted by Crippen LogP contribution is -2.52. The summed E-state index contributed by atoms with van der Waals surface area (Å²) >= 11 is 0. The topological polar surface area (TPSA) is 37.7 Å². The SMILES string of the molecule is COc1cccc2c(C(=O)N3CCN(C)C(C)C3)cn(CC3CCCCC3)c12.Cl. The predicted octanol–water partition coefficient (Wildman–Crippen LogP) is 4.43. The Kier molecular flexibility index (Phi) is 7.12. The van der Waals surface area contributed by atoms with Gasteiger partial charge in [-0.1, -0.05) is 31.4 Å². The molecule has 1 aromatic heterocycles. The van der Waals surface area contributed by atoms with Crippen LogP contribution in [0.5, 0.6) is 5.75 Å². The highest BCUT2D eigenvalue weighted by molar-refractivity contribution is 6.08. The molecule has 0 radical (unpaired) electrons. The largest absolute Gasteiger partial charge is 0.495 e. The van der Waals surface area contributed by atoms with Crippen LogP contribution in [-0.4, -0.2) is 60.1 Å². The molecular formula is C23H34ClN3O2. The Morgan fingerprint density at radius 2 is 1.93 bits per heavy atom. The summed E-state index contributed by atoms with van der Waals surface area (Å²) in [6, 6.07) is 6.46. The third kappa shape index (κ3) is 4.41. The van der Waals surface area contributed by atoms with E-state index in [4.69, 9.17) is 4.74 Å². The second kappa shape index (κ2) is 9.40. The van der Waals surface area contributed by atoms with Crippen molar-refractivity contribution in [2.24, 2.45) is 5.92 Å². The first-order chi connectivity index (χ1) is 13.6. The maximum atomic E-state index is 13.4. The zero-order valence-electron chi connectivity index (χ0n) is 17.9. The van der Waals surface area contributed by atoms with Crippen molar-refractivity contribution in [3.8, 4) is 5.75 Å². The van der Waals surface area contributed by atoms with Gasteiger partial charge in [0.15, 0.2) is 0 Å². The molecule has 0 N–H and O–H groups in total. The minimum atomic E-state index is 0. The van der Waals surface area contributed by atoms with Crippen molar-refractivity contribution in [2.45, 2.75) is 51.6 Å². The van der Waals surface area contributed by atoms with Crippen LogP contribution in [0.1, 0.15) is 49.4 Å². The van der Waals surface area contributed by atoms with Gasteiger partial charge in [-0.05, 0) is 38.8 Å². The van der Waals surface area contributed by atoms with Crippen LogP contribution in [0, 0.1) is 5.92 Å². The number of fused-ring (bicyclic) bond motifs is 1. The number of carbonyl (C=O) groups excluding carboxylic acids is 1. The molecule has 2 aromatic rings. The number of rotatable bonds is 4. The molecule has 160 valence electrons. The van der Waals surface area contributed by atoms with Gasteiger partial charge in [-0.2, -0.15) is 0 Å². The van der Waals surface area contributed by atoms with Crippen molar-refractivity contribution in [1.82, 2.24) is 14.4 Å². The number of amides is 1. The molecule has 1 aliphatic carbocycles. The number of likely N-dealkylation sites (N-methyl/N-ethyl adjacent to an activating group) is 1. The second-order valence-electron chi connectivity index (χ2n) is 8.64. The average molecular weight is 420 g/mol. The molecule has 0 bridgehead atoms. The molecule has 1 saturated carbocycles. The second-order valence-corrected chi connectivity index (χ2v) is 8.64. The Bertz CT molecular complexity index is 844. The van der Waals surface area contributed by atoms with E-state index >= 15 is 0 Å². The van der Waals surface area contributed by atoms with Crippen molar-refractivity contribution < 1.29 is 9.53 Å².